The Balaban J connectivity index is 1.73. The van der Waals surface area contributed by atoms with E-state index in [9.17, 15) is 13.6 Å². The number of carbonyl (C=O) groups excluding carboxylic acids is 1. The van der Waals surface area contributed by atoms with Crippen molar-refractivity contribution in [2.45, 2.75) is 25.9 Å². The highest BCUT2D eigenvalue weighted by molar-refractivity contribution is 5.93. The second kappa shape index (κ2) is 6.91. The Kier molecular flexibility index (Phi) is 4.85. The maximum atomic E-state index is 12.8. The molecule has 7 nitrogen and oxygen atoms in total. The summed E-state index contributed by atoms with van der Waals surface area (Å²) in [5, 5.41) is 7.56. The van der Waals surface area contributed by atoms with Crippen LogP contribution in [0.25, 0.3) is 0 Å². The maximum absolute atomic E-state index is 12.8. The smallest absolute Gasteiger partial charge is 0.282 e. The molecule has 0 aromatic carbocycles. The lowest BCUT2D eigenvalue weighted by atomic mass is 10.0. The lowest BCUT2D eigenvalue weighted by Gasteiger charge is -2.15. The summed E-state index contributed by atoms with van der Waals surface area (Å²) in [7, 11) is 3.08. The van der Waals surface area contributed by atoms with Crippen molar-refractivity contribution >= 4 is 5.91 Å². The number of likely N-dealkylation sites (tertiary alicyclic amines) is 1. The Bertz CT molecular complexity index is 758. The Morgan fingerprint density at radius 1 is 1.44 bits per heavy atom. The number of hydrogen-bond donors (Lipinski definition) is 0. The molecule has 3 heterocycles. The van der Waals surface area contributed by atoms with Crippen molar-refractivity contribution in [2.24, 2.45) is 13.0 Å². The van der Waals surface area contributed by atoms with Crippen molar-refractivity contribution in [2.75, 3.05) is 20.2 Å². The minimum atomic E-state index is -2.71. The lowest BCUT2D eigenvalue weighted by Crippen LogP contribution is -2.31. The van der Waals surface area contributed by atoms with Crippen LogP contribution in [0, 0.1) is 12.8 Å². The first-order valence-electron chi connectivity index (χ1n) is 7.95. The second-order valence-corrected chi connectivity index (χ2v) is 6.26. The van der Waals surface area contributed by atoms with Crippen LogP contribution >= 0.6 is 0 Å². The number of aromatic nitrogens is 3. The molecule has 0 spiro atoms. The standard InChI is InChI=1S/C16H20F2N4O3/c1-9-4-11(25-20-9)5-10-7-22(8-14(10)24-3)16(23)13-6-12(15(17)18)19-21(13)2/h4,6,10,14-15H,5,7-8H2,1-3H3/t10-,14+/m1/s1. The van der Waals surface area contributed by atoms with Crippen LogP contribution in [0.1, 0.15) is 34.1 Å². The monoisotopic (exact) mass is 354 g/mol. The van der Waals surface area contributed by atoms with Crippen LogP contribution in [0.4, 0.5) is 8.78 Å². The lowest BCUT2D eigenvalue weighted by molar-refractivity contribution is 0.0666. The van der Waals surface area contributed by atoms with Crippen molar-refractivity contribution in [3.05, 3.63) is 35.0 Å². The topological polar surface area (TPSA) is 73.4 Å². The number of rotatable bonds is 5. The molecule has 0 N–H and O–H groups in total. The number of aryl methyl sites for hydroxylation is 2. The average molecular weight is 354 g/mol. The molecule has 0 saturated carbocycles. The SMILES string of the molecule is CO[C@H]1CN(C(=O)c2cc(C(F)F)nn2C)C[C@H]1Cc1cc(C)no1. The quantitative estimate of drug-likeness (QED) is 0.821. The minimum Gasteiger partial charge on any atom is -0.379 e. The van der Waals surface area contributed by atoms with Gasteiger partial charge in [-0.15, -0.1) is 0 Å². The molecule has 1 aliphatic rings. The number of methoxy groups -OCH3 is 1. The summed E-state index contributed by atoms with van der Waals surface area (Å²) in [6.07, 6.45) is -2.27. The normalized spacial score (nSPS) is 20.6. The molecule has 0 bridgehead atoms. The van der Waals surface area contributed by atoms with E-state index in [1.54, 1.807) is 12.0 Å². The zero-order chi connectivity index (χ0) is 18.1. The van der Waals surface area contributed by atoms with E-state index >= 15 is 0 Å². The van der Waals surface area contributed by atoms with E-state index in [4.69, 9.17) is 9.26 Å². The average Bonchev–Trinajstić information content (AvgIpc) is 3.26. The molecule has 2 aromatic heterocycles. The van der Waals surface area contributed by atoms with Gasteiger partial charge in [-0.2, -0.15) is 5.10 Å². The van der Waals surface area contributed by atoms with Crippen LogP contribution < -0.4 is 0 Å². The highest BCUT2D eigenvalue weighted by Gasteiger charge is 2.37. The fourth-order valence-electron chi connectivity index (χ4n) is 3.20. The summed E-state index contributed by atoms with van der Waals surface area (Å²) in [5.74, 6) is 0.448. The highest BCUT2D eigenvalue weighted by Crippen LogP contribution is 2.26. The zero-order valence-electron chi connectivity index (χ0n) is 14.3. The third-order valence-electron chi connectivity index (χ3n) is 4.45. The second-order valence-electron chi connectivity index (χ2n) is 6.26. The van der Waals surface area contributed by atoms with E-state index in [-0.39, 0.29) is 23.6 Å². The number of nitrogens with zero attached hydrogens (tertiary/aromatic N) is 4. The van der Waals surface area contributed by atoms with Crippen molar-refractivity contribution in [3.63, 3.8) is 0 Å². The third-order valence-corrected chi connectivity index (χ3v) is 4.45. The number of halogens is 2. The first kappa shape index (κ1) is 17.5. The number of hydrogen-bond acceptors (Lipinski definition) is 5. The minimum absolute atomic E-state index is 0.0455. The fourth-order valence-corrected chi connectivity index (χ4v) is 3.20. The number of carbonyl (C=O) groups is 1. The van der Waals surface area contributed by atoms with Gasteiger partial charge in [0, 0.05) is 45.7 Å². The van der Waals surface area contributed by atoms with Gasteiger partial charge in [0.25, 0.3) is 12.3 Å². The Morgan fingerprint density at radius 2 is 2.20 bits per heavy atom. The first-order chi connectivity index (χ1) is 11.9. The van der Waals surface area contributed by atoms with E-state index in [2.05, 4.69) is 10.3 Å². The van der Waals surface area contributed by atoms with Gasteiger partial charge in [-0.1, -0.05) is 5.16 Å². The first-order valence-corrected chi connectivity index (χ1v) is 7.95. The predicted molar refractivity (Wildman–Crippen MR) is 83.3 cm³/mol. The van der Waals surface area contributed by atoms with Crippen LogP contribution in [0.2, 0.25) is 0 Å². The number of ether oxygens (including phenoxy) is 1. The molecule has 0 aliphatic carbocycles. The van der Waals surface area contributed by atoms with Crippen LogP contribution in [0.5, 0.6) is 0 Å². The predicted octanol–water partition coefficient (Wildman–Crippen LogP) is 1.98. The van der Waals surface area contributed by atoms with Crippen molar-refractivity contribution < 1.29 is 22.8 Å². The van der Waals surface area contributed by atoms with E-state index in [1.807, 2.05) is 13.0 Å². The van der Waals surface area contributed by atoms with Gasteiger partial charge in [0.1, 0.15) is 17.1 Å². The summed E-state index contributed by atoms with van der Waals surface area (Å²) < 4.78 is 37.5. The van der Waals surface area contributed by atoms with Gasteiger partial charge in [-0.3, -0.25) is 9.48 Å². The summed E-state index contributed by atoms with van der Waals surface area (Å²) in [5.41, 5.74) is 0.535. The fraction of sp³-hybridized carbons (Fsp3) is 0.562. The molecule has 1 amide bonds. The van der Waals surface area contributed by atoms with Crippen molar-refractivity contribution in [1.82, 2.24) is 19.8 Å². The molecule has 0 radical (unpaired) electrons. The van der Waals surface area contributed by atoms with E-state index in [0.29, 0.717) is 19.5 Å². The summed E-state index contributed by atoms with van der Waals surface area (Å²) in [6.45, 7) is 2.68. The molecular weight excluding hydrogens is 334 g/mol. The van der Waals surface area contributed by atoms with E-state index in [1.165, 1.54) is 11.7 Å². The van der Waals surface area contributed by atoms with Gasteiger partial charge >= 0.3 is 0 Å². The molecule has 3 rings (SSSR count). The molecule has 0 unspecified atom stereocenters. The van der Waals surface area contributed by atoms with Crippen molar-refractivity contribution in [3.8, 4) is 0 Å². The molecule has 1 saturated heterocycles. The Morgan fingerprint density at radius 3 is 2.76 bits per heavy atom. The molecule has 1 aliphatic heterocycles. The van der Waals surface area contributed by atoms with Gasteiger partial charge in [0.15, 0.2) is 0 Å². The highest BCUT2D eigenvalue weighted by atomic mass is 19.3. The van der Waals surface area contributed by atoms with Crippen molar-refractivity contribution in [1.29, 1.82) is 0 Å². The zero-order valence-corrected chi connectivity index (χ0v) is 14.3. The van der Waals surface area contributed by atoms with Crippen LogP contribution in [0.15, 0.2) is 16.7 Å². The largest absolute Gasteiger partial charge is 0.379 e. The van der Waals surface area contributed by atoms with Gasteiger partial charge in [-0.05, 0) is 13.0 Å². The van der Waals surface area contributed by atoms with E-state index < -0.39 is 12.1 Å². The van der Waals surface area contributed by atoms with Crippen LogP contribution in [-0.2, 0) is 18.2 Å². The summed E-state index contributed by atoms with van der Waals surface area (Å²) in [6, 6.07) is 3.00. The van der Waals surface area contributed by atoms with Gasteiger partial charge < -0.3 is 14.2 Å². The Hall–Kier alpha value is -2.29. The van der Waals surface area contributed by atoms with Gasteiger partial charge in [0.2, 0.25) is 0 Å². The molecule has 9 heteroatoms. The maximum Gasteiger partial charge on any atom is 0.282 e. The van der Waals surface area contributed by atoms with Gasteiger partial charge in [-0.25, -0.2) is 8.78 Å². The number of amides is 1. The van der Waals surface area contributed by atoms with Crippen LogP contribution in [-0.4, -0.2) is 52.0 Å². The molecular formula is C16H20F2N4O3. The molecule has 2 atom stereocenters. The van der Waals surface area contributed by atoms with Gasteiger partial charge in [0.05, 0.1) is 11.8 Å². The molecule has 25 heavy (non-hydrogen) atoms. The van der Waals surface area contributed by atoms with E-state index in [0.717, 1.165) is 17.5 Å². The van der Waals surface area contributed by atoms with Crippen LogP contribution in [0.3, 0.4) is 0 Å². The number of alkyl halides is 2. The molecule has 136 valence electrons. The Labute approximate surface area is 143 Å². The third kappa shape index (κ3) is 3.55. The molecule has 2 aromatic rings. The summed E-state index contributed by atoms with van der Waals surface area (Å²) >= 11 is 0. The molecule has 1 fully saturated rings. The summed E-state index contributed by atoms with van der Waals surface area (Å²) in [4.78, 5) is 14.3.